The van der Waals surface area contributed by atoms with Crippen molar-refractivity contribution in [2.24, 2.45) is 0 Å². The van der Waals surface area contributed by atoms with E-state index in [9.17, 15) is 9.59 Å². The molecule has 7 heteroatoms. The molecule has 0 atom stereocenters. The van der Waals surface area contributed by atoms with Gasteiger partial charge in [-0.15, -0.1) is 0 Å². The monoisotopic (exact) mass is 402 g/mol. The van der Waals surface area contributed by atoms with Gasteiger partial charge in [-0.2, -0.15) is 0 Å². The lowest BCUT2D eigenvalue weighted by Gasteiger charge is -2.22. The second-order valence-electron chi connectivity index (χ2n) is 5.71. The molecule has 0 saturated carbocycles. The van der Waals surface area contributed by atoms with Crippen molar-refractivity contribution in [1.29, 1.82) is 0 Å². The van der Waals surface area contributed by atoms with Gasteiger partial charge in [-0.1, -0.05) is 59.6 Å². The fraction of sp³-hybridized carbons (Fsp3) is 0.150. The Morgan fingerprint density at radius 1 is 1.11 bits per heavy atom. The van der Waals surface area contributed by atoms with Gasteiger partial charge in [0, 0.05) is 18.1 Å². The maximum atomic E-state index is 12.7. The van der Waals surface area contributed by atoms with Gasteiger partial charge in [-0.25, -0.2) is 9.78 Å². The average Bonchev–Trinajstić information content (AvgIpc) is 2.69. The van der Waals surface area contributed by atoms with Crippen LogP contribution < -0.4 is 4.90 Å². The maximum Gasteiger partial charge on any atom is 0.340 e. The molecule has 3 rings (SSSR count). The zero-order valence-electron chi connectivity index (χ0n) is 14.5. The van der Waals surface area contributed by atoms with E-state index in [4.69, 9.17) is 27.9 Å². The Labute approximate surface area is 166 Å². The Hall–Kier alpha value is -2.63. The van der Waals surface area contributed by atoms with Crippen LogP contribution in [0, 0.1) is 0 Å². The summed E-state index contributed by atoms with van der Waals surface area (Å²) in [6.07, 6.45) is 1.25. The number of rotatable bonds is 5. The highest BCUT2D eigenvalue weighted by Gasteiger charge is 2.19. The summed E-state index contributed by atoms with van der Waals surface area (Å²) < 4.78 is 5.13. The highest BCUT2D eigenvalue weighted by Crippen LogP contribution is 2.27. The third kappa shape index (κ3) is 4.21. The van der Waals surface area contributed by atoms with Crippen LogP contribution in [0.4, 0.5) is 5.69 Å². The van der Waals surface area contributed by atoms with Crippen LogP contribution in [0.5, 0.6) is 0 Å². The standard InChI is InChI=1S/C20H16Cl2N2O3/c1-2-24(17-9-5-7-13-6-3-4-8-15(13)17)18(25)12-27-20(26)14-10-16(21)19(22)23-11-14/h3-11H,2,12H2,1H3. The van der Waals surface area contributed by atoms with Crippen LogP contribution in [0.3, 0.4) is 0 Å². The quantitative estimate of drug-likeness (QED) is 0.456. The van der Waals surface area contributed by atoms with Gasteiger partial charge in [0.25, 0.3) is 5.91 Å². The van der Waals surface area contributed by atoms with Gasteiger partial charge in [-0.05, 0) is 24.4 Å². The summed E-state index contributed by atoms with van der Waals surface area (Å²) in [6, 6.07) is 14.9. The molecule has 1 amide bonds. The van der Waals surface area contributed by atoms with Gasteiger partial charge in [0.2, 0.25) is 0 Å². The van der Waals surface area contributed by atoms with Crippen LogP contribution in [0.25, 0.3) is 10.8 Å². The number of ether oxygens (including phenoxy) is 1. The Bertz CT molecular complexity index is 1000. The highest BCUT2D eigenvalue weighted by molar-refractivity contribution is 6.41. The van der Waals surface area contributed by atoms with Gasteiger partial charge in [0.15, 0.2) is 6.61 Å². The number of anilines is 1. The summed E-state index contributed by atoms with van der Waals surface area (Å²) >= 11 is 11.6. The highest BCUT2D eigenvalue weighted by atomic mass is 35.5. The number of fused-ring (bicyclic) bond motifs is 1. The molecule has 0 saturated heterocycles. The topological polar surface area (TPSA) is 59.5 Å². The molecule has 138 valence electrons. The summed E-state index contributed by atoms with van der Waals surface area (Å²) in [4.78, 5) is 30.2. The van der Waals surface area contributed by atoms with Crippen molar-refractivity contribution in [2.75, 3.05) is 18.1 Å². The van der Waals surface area contributed by atoms with Crippen molar-refractivity contribution < 1.29 is 14.3 Å². The van der Waals surface area contributed by atoms with Crippen molar-refractivity contribution in [3.63, 3.8) is 0 Å². The first-order valence-corrected chi connectivity index (χ1v) is 9.03. The van der Waals surface area contributed by atoms with E-state index in [0.29, 0.717) is 6.54 Å². The number of likely N-dealkylation sites (N-methyl/N-ethyl adjacent to an activating group) is 1. The molecule has 0 unspecified atom stereocenters. The van der Waals surface area contributed by atoms with Crippen molar-refractivity contribution in [2.45, 2.75) is 6.92 Å². The smallest absolute Gasteiger partial charge is 0.340 e. The number of hydrogen-bond donors (Lipinski definition) is 0. The van der Waals surface area contributed by atoms with E-state index in [0.717, 1.165) is 16.5 Å². The molecule has 2 aromatic carbocycles. The van der Waals surface area contributed by atoms with Crippen LogP contribution in [-0.4, -0.2) is 30.0 Å². The van der Waals surface area contributed by atoms with Gasteiger partial charge < -0.3 is 9.64 Å². The fourth-order valence-corrected chi connectivity index (χ4v) is 3.02. The zero-order chi connectivity index (χ0) is 19.4. The number of esters is 1. The normalized spacial score (nSPS) is 10.6. The van der Waals surface area contributed by atoms with Gasteiger partial charge in [-0.3, -0.25) is 4.79 Å². The zero-order valence-corrected chi connectivity index (χ0v) is 16.0. The first kappa shape index (κ1) is 19.1. The third-order valence-corrected chi connectivity index (χ3v) is 4.72. The minimum absolute atomic E-state index is 0.0948. The number of carbonyl (C=O) groups excluding carboxylic acids is 2. The minimum atomic E-state index is -0.691. The fourth-order valence-electron chi connectivity index (χ4n) is 2.75. The van der Waals surface area contributed by atoms with Crippen molar-refractivity contribution in [1.82, 2.24) is 4.98 Å². The number of aromatic nitrogens is 1. The van der Waals surface area contributed by atoms with Crippen LogP contribution in [0.2, 0.25) is 10.2 Å². The maximum absolute atomic E-state index is 12.7. The number of carbonyl (C=O) groups is 2. The molecule has 0 aliphatic heterocycles. The number of halogens is 2. The van der Waals surface area contributed by atoms with E-state index in [-0.39, 0.29) is 21.6 Å². The molecular weight excluding hydrogens is 387 g/mol. The largest absolute Gasteiger partial charge is 0.452 e. The van der Waals surface area contributed by atoms with E-state index in [1.54, 1.807) is 4.90 Å². The predicted molar refractivity (Wildman–Crippen MR) is 107 cm³/mol. The molecule has 0 radical (unpaired) electrons. The molecule has 3 aromatic rings. The van der Waals surface area contributed by atoms with Crippen molar-refractivity contribution in [3.05, 3.63) is 70.5 Å². The lowest BCUT2D eigenvalue weighted by Crippen LogP contribution is -2.34. The summed E-state index contributed by atoms with van der Waals surface area (Å²) in [6.45, 7) is 1.92. The summed E-state index contributed by atoms with van der Waals surface area (Å²) in [7, 11) is 0. The molecule has 1 heterocycles. The Morgan fingerprint density at radius 3 is 2.59 bits per heavy atom. The van der Waals surface area contributed by atoms with E-state index >= 15 is 0 Å². The predicted octanol–water partition coefficient (Wildman–Crippen LogP) is 4.75. The number of hydrogen-bond acceptors (Lipinski definition) is 4. The molecule has 0 bridgehead atoms. The first-order chi connectivity index (χ1) is 13.0. The number of amides is 1. The lowest BCUT2D eigenvalue weighted by molar-refractivity contribution is -0.121. The number of nitrogens with zero attached hydrogens (tertiary/aromatic N) is 2. The number of benzene rings is 2. The Morgan fingerprint density at radius 2 is 1.85 bits per heavy atom. The SMILES string of the molecule is CCN(C(=O)COC(=O)c1cnc(Cl)c(Cl)c1)c1cccc2ccccc12. The Kier molecular flexibility index (Phi) is 5.94. The molecule has 5 nitrogen and oxygen atoms in total. The van der Waals surface area contributed by atoms with Crippen LogP contribution >= 0.6 is 23.2 Å². The third-order valence-electron chi connectivity index (χ3n) is 4.03. The molecule has 0 N–H and O–H groups in total. The van der Waals surface area contributed by atoms with E-state index in [1.165, 1.54) is 12.3 Å². The molecule has 27 heavy (non-hydrogen) atoms. The van der Waals surface area contributed by atoms with E-state index in [1.807, 2.05) is 49.4 Å². The summed E-state index contributed by atoms with van der Waals surface area (Å²) in [5.74, 6) is -1.02. The molecule has 0 aliphatic rings. The second-order valence-corrected chi connectivity index (χ2v) is 6.47. The second kappa shape index (κ2) is 8.37. The van der Waals surface area contributed by atoms with Crippen LogP contribution in [-0.2, 0) is 9.53 Å². The first-order valence-electron chi connectivity index (χ1n) is 8.27. The van der Waals surface area contributed by atoms with Gasteiger partial charge >= 0.3 is 5.97 Å². The average molecular weight is 403 g/mol. The summed E-state index contributed by atoms with van der Waals surface area (Å²) in [5, 5.41) is 2.22. The summed E-state index contributed by atoms with van der Waals surface area (Å²) in [5.41, 5.74) is 0.901. The molecule has 1 aromatic heterocycles. The Balaban J connectivity index is 1.75. The van der Waals surface area contributed by atoms with Crippen LogP contribution in [0.15, 0.2) is 54.7 Å². The van der Waals surface area contributed by atoms with Gasteiger partial charge in [0.05, 0.1) is 16.3 Å². The molecular formula is C20H16Cl2N2O3. The van der Waals surface area contributed by atoms with Crippen molar-refractivity contribution in [3.8, 4) is 0 Å². The minimum Gasteiger partial charge on any atom is -0.452 e. The van der Waals surface area contributed by atoms with Crippen LogP contribution in [0.1, 0.15) is 17.3 Å². The molecule has 0 aliphatic carbocycles. The molecule has 0 spiro atoms. The molecule has 0 fully saturated rings. The van der Waals surface area contributed by atoms with Gasteiger partial charge in [0.1, 0.15) is 5.15 Å². The van der Waals surface area contributed by atoms with E-state index in [2.05, 4.69) is 4.98 Å². The van der Waals surface area contributed by atoms with E-state index < -0.39 is 12.6 Å². The number of pyridine rings is 1. The van der Waals surface area contributed by atoms with Crippen molar-refractivity contribution >= 4 is 51.5 Å². The lowest BCUT2D eigenvalue weighted by atomic mass is 10.1.